The van der Waals surface area contributed by atoms with Crippen molar-refractivity contribution in [1.29, 1.82) is 0 Å². The van der Waals surface area contributed by atoms with Crippen LogP contribution in [0.1, 0.15) is 35.0 Å². The summed E-state index contributed by atoms with van der Waals surface area (Å²) in [6.07, 6.45) is 0. The molecule has 0 bridgehead atoms. The molecule has 112 valence electrons. The van der Waals surface area contributed by atoms with Crippen molar-refractivity contribution < 1.29 is 18.8 Å². The summed E-state index contributed by atoms with van der Waals surface area (Å²) in [5.74, 6) is 1.63. The summed E-state index contributed by atoms with van der Waals surface area (Å²) < 4.78 is 15.3. The lowest BCUT2D eigenvalue weighted by Gasteiger charge is -2.13. The Kier molecular flexibility index (Phi) is 4.42. The van der Waals surface area contributed by atoms with Gasteiger partial charge < -0.3 is 19.3 Å². The van der Waals surface area contributed by atoms with Crippen LogP contribution >= 0.6 is 0 Å². The number of methoxy groups -OCH3 is 2. The minimum absolute atomic E-state index is 0.294. The SMILES string of the molecule is COc1ccc(C(=O)NC(C)c2nc(C)no2)c(OC)c1. The molecule has 7 nitrogen and oxygen atoms in total. The molecule has 0 fully saturated rings. The molecule has 0 radical (unpaired) electrons. The summed E-state index contributed by atoms with van der Waals surface area (Å²) in [5.41, 5.74) is 0.404. The van der Waals surface area contributed by atoms with Gasteiger partial charge >= 0.3 is 0 Å². The highest BCUT2D eigenvalue weighted by Crippen LogP contribution is 2.25. The molecule has 0 aliphatic rings. The number of nitrogens with one attached hydrogen (secondary N) is 1. The van der Waals surface area contributed by atoms with Crippen LogP contribution in [-0.4, -0.2) is 30.3 Å². The maximum Gasteiger partial charge on any atom is 0.255 e. The third kappa shape index (κ3) is 3.31. The molecule has 0 saturated heterocycles. The topological polar surface area (TPSA) is 86.5 Å². The Morgan fingerprint density at radius 3 is 2.67 bits per heavy atom. The van der Waals surface area contributed by atoms with Crippen LogP contribution in [-0.2, 0) is 0 Å². The number of carbonyl (C=O) groups is 1. The molecule has 21 heavy (non-hydrogen) atoms. The highest BCUT2D eigenvalue weighted by Gasteiger charge is 2.19. The predicted octanol–water partition coefficient (Wildman–Crippen LogP) is 1.89. The van der Waals surface area contributed by atoms with Gasteiger partial charge in [0.15, 0.2) is 5.82 Å². The largest absolute Gasteiger partial charge is 0.497 e. The van der Waals surface area contributed by atoms with Crippen molar-refractivity contribution in [2.75, 3.05) is 14.2 Å². The van der Waals surface area contributed by atoms with Gasteiger partial charge in [-0.25, -0.2) is 0 Å². The zero-order valence-corrected chi connectivity index (χ0v) is 12.3. The number of amides is 1. The molecule has 0 saturated carbocycles. The second-order valence-electron chi connectivity index (χ2n) is 4.44. The van der Waals surface area contributed by atoms with Crippen LogP contribution in [0.3, 0.4) is 0 Å². The van der Waals surface area contributed by atoms with Gasteiger partial charge in [0.2, 0.25) is 5.89 Å². The minimum atomic E-state index is -0.398. The monoisotopic (exact) mass is 291 g/mol. The summed E-state index contributed by atoms with van der Waals surface area (Å²) in [6.45, 7) is 3.48. The first-order valence-electron chi connectivity index (χ1n) is 6.38. The Morgan fingerprint density at radius 1 is 1.33 bits per heavy atom. The first-order valence-corrected chi connectivity index (χ1v) is 6.38. The van der Waals surface area contributed by atoms with Gasteiger partial charge in [0.1, 0.15) is 17.5 Å². The number of benzene rings is 1. The van der Waals surface area contributed by atoms with E-state index in [1.807, 2.05) is 0 Å². The van der Waals surface area contributed by atoms with E-state index in [9.17, 15) is 4.79 Å². The van der Waals surface area contributed by atoms with Crippen molar-refractivity contribution >= 4 is 5.91 Å². The highest BCUT2D eigenvalue weighted by atomic mass is 16.5. The Balaban J connectivity index is 2.16. The second kappa shape index (κ2) is 6.25. The van der Waals surface area contributed by atoms with Crippen LogP contribution in [0.5, 0.6) is 11.5 Å². The molecular formula is C14H17N3O4. The zero-order valence-electron chi connectivity index (χ0n) is 12.3. The number of nitrogens with zero attached hydrogens (tertiary/aromatic N) is 2. The van der Waals surface area contributed by atoms with Crippen molar-refractivity contribution in [3.63, 3.8) is 0 Å². The Morgan fingerprint density at radius 2 is 2.10 bits per heavy atom. The summed E-state index contributed by atoms with van der Waals surface area (Å²) in [4.78, 5) is 16.4. The third-order valence-electron chi connectivity index (χ3n) is 2.91. The highest BCUT2D eigenvalue weighted by molar-refractivity contribution is 5.97. The van der Waals surface area contributed by atoms with Gasteiger partial charge in [0, 0.05) is 6.07 Å². The van der Waals surface area contributed by atoms with Crippen LogP contribution in [0, 0.1) is 6.92 Å². The maximum absolute atomic E-state index is 12.3. The fourth-order valence-corrected chi connectivity index (χ4v) is 1.81. The average molecular weight is 291 g/mol. The molecule has 1 heterocycles. The Hall–Kier alpha value is -2.57. The minimum Gasteiger partial charge on any atom is -0.497 e. The third-order valence-corrected chi connectivity index (χ3v) is 2.91. The van der Waals surface area contributed by atoms with E-state index in [0.29, 0.717) is 28.8 Å². The van der Waals surface area contributed by atoms with Crippen molar-refractivity contribution in [3.8, 4) is 11.5 Å². The van der Waals surface area contributed by atoms with E-state index in [1.54, 1.807) is 39.2 Å². The molecule has 0 aliphatic carbocycles. The van der Waals surface area contributed by atoms with Crippen LogP contribution in [0.2, 0.25) is 0 Å². The Labute approximate surface area is 122 Å². The molecule has 1 unspecified atom stereocenters. The number of hydrogen-bond donors (Lipinski definition) is 1. The standard InChI is InChI=1S/C14H17N3O4/c1-8(14-16-9(2)17-21-14)15-13(18)11-6-5-10(19-3)7-12(11)20-4/h5-8H,1-4H3,(H,15,18). The molecule has 2 aromatic rings. The summed E-state index contributed by atoms with van der Waals surface area (Å²) in [6, 6.07) is 4.58. The molecule has 0 aliphatic heterocycles. The smallest absolute Gasteiger partial charge is 0.255 e. The number of hydrogen-bond acceptors (Lipinski definition) is 6. The van der Waals surface area contributed by atoms with E-state index < -0.39 is 6.04 Å². The molecular weight excluding hydrogens is 274 g/mol. The van der Waals surface area contributed by atoms with E-state index in [-0.39, 0.29) is 5.91 Å². The number of carbonyl (C=O) groups excluding carboxylic acids is 1. The van der Waals surface area contributed by atoms with E-state index in [0.717, 1.165) is 0 Å². The lowest BCUT2D eigenvalue weighted by Crippen LogP contribution is -2.27. The summed E-state index contributed by atoms with van der Waals surface area (Å²) in [5, 5.41) is 6.48. The van der Waals surface area contributed by atoms with Gasteiger partial charge in [0.25, 0.3) is 5.91 Å². The van der Waals surface area contributed by atoms with Crippen LogP contribution in [0.15, 0.2) is 22.7 Å². The van der Waals surface area contributed by atoms with Crippen LogP contribution < -0.4 is 14.8 Å². The van der Waals surface area contributed by atoms with Gasteiger partial charge in [-0.3, -0.25) is 4.79 Å². The molecule has 1 atom stereocenters. The first kappa shape index (κ1) is 14.8. The molecule has 1 amide bonds. The van der Waals surface area contributed by atoms with Crippen LogP contribution in [0.25, 0.3) is 0 Å². The van der Waals surface area contributed by atoms with Crippen LogP contribution in [0.4, 0.5) is 0 Å². The normalized spacial score (nSPS) is 11.8. The number of aromatic nitrogens is 2. The maximum atomic E-state index is 12.3. The van der Waals surface area contributed by atoms with Crippen molar-refractivity contribution in [3.05, 3.63) is 35.5 Å². The molecule has 7 heteroatoms. The average Bonchev–Trinajstić information content (AvgIpc) is 2.93. The predicted molar refractivity (Wildman–Crippen MR) is 74.5 cm³/mol. The molecule has 1 aromatic heterocycles. The fraction of sp³-hybridized carbons (Fsp3) is 0.357. The number of rotatable bonds is 5. The lowest BCUT2D eigenvalue weighted by molar-refractivity contribution is 0.0929. The fourth-order valence-electron chi connectivity index (χ4n) is 1.81. The quantitative estimate of drug-likeness (QED) is 0.905. The molecule has 1 aromatic carbocycles. The van der Waals surface area contributed by atoms with Gasteiger partial charge in [0.05, 0.1) is 19.8 Å². The molecule has 2 rings (SSSR count). The Bertz CT molecular complexity index is 639. The van der Waals surface area contributed by atoms with Gasteiger partial charge in [-0.15, -0.1) is 0 Å². The lowest BCUT2D eigenvalue weighted by atomic mass is 10.1. The number of aryl methyl sites for hydroxylation is 1. The van der Waals surface area contributed by atoms with Gasteiger partial charge in [-0.1, -0.05) is 5.16 Å². The molecule has 0 spiro atoms. The van der Waals surface area contributed by atoms with Crippen molar-refractivity contribution in [2.45, 2.75) is 19.9 Å². The van der Waals surface area contributed by atoms with E-state index in [4.69, 9.17) is 14.0 Å². The van der Waals surface area contributed by atoms with Crippen molar-refractivity contribution in [1.82, 2.24) is 15.5 Å². The summed E-state index contributed by atoms with van der Waals surface area (Å²) in [7, 11) is 3.05. The molecule has 1 N–H and O–H groups in total. The van der Waals surface area contributed by atoms with Gasteiger partial charge in [-0.05, 0) is 26.0 Å². The van der Waals surface area contributed by atoms with E-state index in [2.05, 4.69) is 15.5 Å². The van der Waals surface area contributed by atoms with E-state index >= 15 is 0 Å². The summed E-state index contributed by atoms with van der Waals surface area (Å²) >= 11 is 0. The van der Waals surface area contributed by atoms with E-state index in [1.165, 1.54) is 7.11 Å². The number of ether oxygens (including phenoxy) is 2. The van der Waals surface area contributed by atoms with Crippen molar-refractivity contribution in [2.24, 2.45) is 0 Å². The second-order valence-corrected chi connectivity index (χ2v) is 4.44. The zero-order chi connectivity index (χ0) is 15.4. The first-order chi connectivity index (χ1) is 10.0. The van der Waals surface area contributed by atoms with Gasteiger partial charge in [-0.2, -0.15) is 4.98 Å².